The minimum atomic E-state index is -2.00. The maximum absolute atomic E-state index is 6.78. The van der Waals surface area contributed by atoms with Crippen molar-refractivity contribution in [3.8, 4) is 0 Å². The van der Waals surface area contributed by atoms with Crippen molar-refractivity contribution in [3.63, 3.8) is 0 Å². The molecule has 0 fully saturated rings. The molecule has 5 aromatic rings. The van der Waals surface area contributed by atoms with E-state index in [1.165, 1.54) is 15.9 Å². The first-order valence-electron chi connectivity index (χ1n) is 10.4. The second-order valence-corrected chi connectivity index (χ2v) is 11.4. The molecule has 0 radical (unpaired) electrons. The van der Waals surface area contributed by atoms with Crippen LogP contribution in [0.4, 0.5) is 0 Å². The molecule has 0 aliphatic heterocycles. The number of benzene rings is 4. The summed E-state index contributed by atoms with van der Waals surface area (Å²) in [5.74, 6) is 0. The summed E-state index contributed by atoms with van der Waals surface area (Å²) in [5, 5.41) is 5.74. The molecule has 1 heterocycles. The average Bonchev–Trinajstić information content (AvgIpc) is 2.84. The molecule has 0 spiro atoms. The van der Waals surface area contributed by atoms with Crippen LogP contribution in [-0.2, 0) is 6.16 Å². The molecule has 0 aliphatic rings. The summed E-state index contributed by atoms with van der Waals surface area (Å²) < 4.78 is 0. The van der Waals surface area contributed by atoms with Gasteiger partial charge < -0.3 is 17.0 Å². The molecule has 0 bridgehead atoms. The van der Waals surface area contributed by atoms with Crippen molar-refractivity contribution >= 4 is 45.7 Å². The molecule has 4 aromatic carbocycles. The van der Waals surface area contributed by atoms with Gasteiger partial charge >= 0.3 is 0 Å². The molecule has 0 aliphatic carbocycles. The van der Waals surface area contributed by atoms with E-state index in [9.17, 15) is 0 Å². The van der Waals surface area contributed by atoms with Crippen LogP contribution in [0.15, 0.2) is 121 Å². The van der Waals surface area contributed by atoms with Gasteiger partial charge in [-0.2, -0.15) is 0 Å². The predicted octanol–water partition coefficient (Wildman–Crippen LogP) is 3.39. The number of fused-ring (bicyclic) bond motifs is 1. The summed E-state index contributed by atoms with van der Waals surface area (Å²) in [4.78, 5) is 4.72. The summed E-state index contributed by atoms with van der Waals surface area (Å²) in [6, 6.07) is 43.0. The lowest BCUT2D eigenvalue weighted by Crippen LogP contribution is -3.00. The third-order valence-corrected chi connectivity index (χ3v) is 10.4. The third kappa shape index (κ3) is 4.24. The number of rotatable bonds is 5. The van der Waals surface area contributed by atoms with E-state index in [2.05, 4.69) is 109 Å². The van der Waals surface area contributed by atoms with Gasteiger partial charge in [0.2, 0.25) is 0 Å². The quantitative estimate of drug-likeness (QED) is 0.257. The van der Waals surface area contributed by atoms with Gasteiger partial charge in [-0.1, -0.05) is 84.4 Å². The Kier molecular flexibility index (Phi) is 7.06. The lowest BCUT2D eigenvalue weighted by molar-refractivity contribution is -0.00000593. The topological polar surface area (TPSA) is 12.9 Å². The molecular formula is C28H22BrClNP. The minimum Gasteiger partial charge on any atom is -1.00 e. The number of aromatic nitrogens is 1. The normalized spacial score (nSPS) is 11.2. The fourth-order valence-corrected chi connectivity index (χ4v) is 8.81. The Morgan fingerprint density at radius 3 is 1.53 bits per heavy atom. The first-order chi connectivity index (χ1) is 15.3. The summed E-state index contributed by atoms with van der Waals surface area (Å²) in [6.07, 6.45) is 0.821. The van der Waals surface area contributed by atoms with Crippen LogP contribution in [-0.4, -0.2) is 4.98 Å². The molecule has 158 valence electrons. The maximum Gasteiger partial charge on any atom is 0.136 e. The second kappa shape index (κ2) is 9.96. The molecule has 0 saturated carbocycles. The van der Waals surface area contributed by atoms with E-state index in [1.54, 1.807) is 0 Å². The monoisotopic (exact) mass is 517 g/mol. The van der Waals surface area contributed by atoms with E-state index in [4.69, 9.17) is 16.6 Å². The highest BCUT2D eigenvalue weighted by molar-refractivity contribution is 7.95. The van der Waals surface area contributed by atoms with Crippen molar-refractivity contribution in [2.24, 2.45) is 0 Å². The Balaban J connectivity index is 0.00000245. The zero-order chi connectivity index (χ0) is 21.1. The predicted molar refractivity (Wildman–Crippen MR) is 136 cm³/mol. The molecule has 4 heteroatoms. The number of halogens is 2. The highest BCUT2D eigenvalue weighted by Gasteiger charge is 2.45. The molecular weight excluding hydrogens is 497 g/mol. The molecule has 1 aromatic heterocycles. The third-order valence-electron chi connectivity index (χ3n) is 5.75. The van der Waals surface area contributed by atoms with Gasteiger partial charge in [0.1, 0.15) is 34.5 Å². The fourth-order valence-electron chi connectivity index (χ4n) is 4.27. The van der Waals surface area contributed by atoms with Crippen molar-refractivity contribution in [2.75, 3.05) is 0 Å². The van der Waals surface area contributed by atoms with Crippen LogP contribution in [0.25, 0.3) is 10.9 Å². The first-order valence-corrected chi connectivity index (χ1v) is 12.7. The zero-order valence-electron chi connectivity index (χ0n) is 17.4. The number of pyridine rings is 1. The van der Waals surface area contributed by atoms with Crippen molar-refractivity contribution < 1.29 is 17.0 Å². The maximum atomic E-state index is 6.78. The highest BCUT2D eigenvalue weighted by atomic mass is 79.9. The van der Waals surface area contributed by atoms with Crippen molar-refractivity contribution in [1.82, 2.24) is 4.98 Å². The van der Waals surface area contributed by atoms with Crippen LogP contribution in [0.3, 0.4) is 0 Å². The molecule has 0 atom stereocenters. The molecule has 32 heavy (non-hydrogen) atoms. The van der Waals surface area contributed by atoms with E-state index in [1.807, 2.05) is 12.1 Å². The van der Waals surface area contributed by atoms with Gasteiger partial charge in [0.15, 0.2) is 0 Å². The molecule has 0 saturated heterocycles. The van der Waals surface area contributed by atoms with Crippen LogP contribution >= 0.6 is 18.9 Å². The Bertz CT molecular complexity index is 1210. The van der Waals surface area contributed by atoms with Crippen LogP contribution in [0.5, 0.6) is 0 Å². The summed E-state index contributed by atoms with van der Waals surface area (Å²) in [7, 11) is -2.00. The van der Waals surface area contributed by atoms with Crippen LogP contribution in [0, 0.1) is 0 Å². The molecule has 0 amide bonds. The van der Waals surface area contributed by atoms with Gasteiger partial charge in [-0.25, -0.2) is 4.98 Å². The van der Waals surface area contributed by atoms with E-state index in [-0.39, 0.29) is 17.0 Å². The Morgan fingerprint density at radius 1 is 0.594 bits per heavy atom. The first kappa shape index (κ1) is 22.7. The lowest BCUT2D eigenvalue weighted by Gasteiger charge is -2.28. The molecule has 0 unspecified atom stereocenters. The number of para-hydroxylation sites is 1. The second-order valence-electron chi connectivity index (χ2n) is 7.61. The Labute approximate surface area is 205 Å². The van der Waals surface area contributed by atoms with Crippen LogP contribution in [0.2, 0.25) is 5.15 Å². The highest BCUT2D eigenvalue weighted by Crippen LogP contribution is 2.58. The van der Waals surface area contributed by atoms with Gasteiger partial charge in [-0.15, -0.1) is 0 Å². The minimum absolute atomic E-state index is 0. The standard InChI is InChI=1S/C28H22ClNP.BrH/c29-28-23(20-22-12-10-11-19-27(22)30-28)21-31(24-13-4-1-5-14-24,25-15-6-2-7-16-25)26-17-8-3-9-18-26;/h1-20H,21H2;1H/q+1;/p-1. The molecule has 5 rings (SSSR count). The van der Waals surface area contributed by atoms with E-state index >= 15 is 0 Å². The van der Waals surface area contributed by atoms with Crippen LogP contribution in [0.1, 0.15) is 5.56 Å². The SMILES string of the molecule is Clc1nc2ccccc2cc1C[P+](c1ccccc1)(c1ccccc1)c1ccccc1.[Br-]. The van der Waals surface area contributed by atoms with Gasteiger partial charge in [0.05, 0.1) is 5.52 Å². The van der Waals surface area contributed by atoms with Crippen molar-refractivity contribution in [2.45, 2.75) is 6.16 Å². The van der Waals surface area contributed by atoms with Crippen molar-refractivity contribution in [3.05, 3.63) is 132 Å². The summed E-state index contributed by atoms with van der Waals surface area (Å²) in [6.45, 7) is 0. The van der Waals surface area contributed by atoms with E-state index in [0.29, 0.717) is 5.15 Å². The largest absolute Gasteiger partial charge is 1.00 e. The van der Waals surface area contributed by atoms with Gasteiger partial charge in [-0.05, 0) is 48.5 Å². The smallest absolute Gasteiger partial charge is 0.136 e. The van der Waals surface area contributed by atoms with E-state index < -0.39 is 7.26 Å². The Hall–Kier alpha value is -2.51. The van der Waals surface area contributed by atoms with Gasteiger partial charge in [0.25, 0.3) is 0 Å². The zero-order valence-corrected chi connectivity index (χ0v) is 20.6. The van der Waals surface area contributed by atoms with Crippen molar-refractivity contribution in [1.29, 1.82) is 0 Å². The average molecular weight is 519 g/mol. The van der Waals surface area contributed by atoms with Crippen LogP contribution < -0.4 is 32.9 Å². The number of hydrogen-bond acceptors (Lipinski definition) is 1. The molecule has 0 N–H and O–H groups in total. The van der Waals surface area contributed by atoms with E-state index in [0.717, 1.165) is 22.6 Å². The van der Waals surface area contributed by atoms with Gasteiger partial charge in [0, 0.05) is 10.9 Å². The molecule has 1 nitrogen and oxygen atoms in total. The summed E-state index contributed by atoms with van der Waals surface area (Å²) >= 11 is 6.78. The van der Waals surface area contributed by atoms with Gasteiger partial charge in [-0.3, -0.25) is 0 Å². The number of hydrogen-bond donors (Lipinski definition) is 0. The summed E-state index contributed by atoms with van der Waals surface area (Å²) in [5.41, 5.74) is 2.02. The number of nitrogens with zero attached hydrogens (tertiary/aromatic N) is 1. The Morgan fingerprint density at radius 2 is 1.03 bits per heavy atom. The lowest BCUT2D eigenvalue weighted by atomic mass is 10.2. The fraction of sp³-hybridized carbons (Fsp3) is 0.0357.